The van der Waals surface area contributed by atoms with E-state index in [-0.39, 0.29) is 33.0 Å². The molecule has 0 atom stereocenters. The molecule has 0 aliphatic heterocycles. The first-order valence-corrected chi connectivity index (χ1v) is 11.6. The molecule has 39 heavy (non-hydrogen) atoms. The molecule has 0 radical (unpaired) electrons. The highest BCUT2D eigenvalue weighted by Gasteiger charge is 2.18. The van der Waals surface area contributed by atoms with Crippen LogP contribution in [0.2, 0.25) is 0 Å². The Morgan fingerprint density at radius 2 is 1.10 bits per heavy atom. The molecule has 182 valence electrons. The van der Waals surface area contributed by atoms with Gasteiger partial charge >= 0.3 is 0 Å². The molecule has 7 aromatic rings. The zero-order valence-electron chi connectivity index (χ0n) is 41.6. The Morgan fingerprint density at radius 3 is 1.95 bits per heavy atom. The van der Waals surface area contributed by atoms with Crippen molar-refractivity contribution in [2.24, 2.45) is 0 Å². The van der Waals surface area contributed by atoms with E-state index in [0.29, 0.717) is 0 Å². The van der Waals surface area contributed by atoms with Gasteiger partial charge in [0.25, 0.3) is 0 Å². The van der Waals surface area contributed by atoms with Gasteiger partial charge in [-0.05, 0) is 62.3 Å². The predicted molar refractivity (Wildman–Crippen MR) is 165 cm³/mol. The topological polar surface area (TPSA) is 25.8 Å². The van der Waals surface area contributed by atoms with Gasteiger partial charge in [-0.15, -0.1) is 0 Å². The van der Waals surface area contributed by atoms with Gasteiger partial charge in [-0.1, -0.05) is 115 Å². The highest BCUT2D eigenvalue weighted by molar-refractivity contribution is 6.07. The number of hydrogen-bond acceptors (Lipinski definition) is 2. The van der Waals surface area contributed by atoms with Crippen molar-refractivity contribution >= 4 is 54.5 Å². The number of allylic oxidation sites excluding steroid dienone is 4. The summed E-state index contributed by atoms with van der Waals surface area (Å²) in [5.74, 6) is 0. The molecule has 5 aromatic carbocycles. The number of hydrogen-bond donors (Lipinski definition) is 0. The summed E-state index contributed by atoms with van der Waals surface area (Å²) < 4.78 is 191. The van der Waals surface area contributed by atoms with E-state index in [9.17, 15) is 2.74 Å². The van der Waals surface area contributed by atoms with Gasteiger partial charge in [-0.3, -0.25) is 4.98 Å². The SMILES string of the molecule is [2H]C1=C(c2c([2H])c([2H])c([2H])c3c([2H])c([2H])c([2H])c([2H])c23)CC(c2c([2H])c([2H])c(-c3nc4c(c([2H])c3[2H])c([2H])c([2H])c3c([2H])c([2H])c([2H])nc34)c3c([2H])c([2H])c([2H])c([2H])c23)=C1[2H]. The van der Waals surface area contributed by atoms with Crippen molar-refractivity contribution in [2.75, 3.05) is 0 Å². The average Bonchev–Trinajstić information content (AvgIpc) is 3.51. The van der Waals surface area contributed by atoms with Crippen molar-refractivity contribution in [3.05, 3.63) is 144 Å². The van der Waals surface area contributed by atoms with Crippen molar-refractivity contribution < 1.29 is 30.2 Å². The molecule has 0 saturated heterocycles. The third-order valence-electron chi connectivity index (χ3n) is 6.32. The van der Waals surface area contributed by atoms with Crippen LogP contribution in [0, 0.1) is 0 Å². The lowest BCUT2D eigenvalue weighted by Gasteiger charge is -2.14. The summed E-state index contributed by atoms with van der Waals surface area (Å²) >= 11 is 0. The largest absolute Gasteiger partial charge is 0.254 e. The molecule has 0 saturated carbocycles. The second-order valence-electron chi connectivity index (χ2n) is 8.52. The maximum absolute atomic E-state index is 9.36. The monoisotopic (exact) mass is 518 g/mol. The van der Waals surface area contributed by atoms with Gasteiger partial charge in [0.05, 0.1) is 46.9 Å². The van der Waals surface area contributed by atoms with Crippen LogP contribution in [0.15, 0.2) is 133 Å². The molecule has 1 aliphatic carbocycles. The van der Waals surface area contributed by atoms with Gasteiger partial charge in [0.1, 0.15) is 0 Å². The Morgan fingerprint density at radius 1 is 0.487 bits per heavy atom. The van der Waals surface area contributed by atoms with Crippen molar-refractivity contribution in [3.8, 4) is 11.3 Å². The van der Waals surface area contributed by atoms with Crippen molar-refractivity contribution in [3.63, 3.8) is 0 Å². The molecule has 2 heteroatoms. The summed E-state index contributed by atoms with van der Waals surface area (Å²) in [6, 6.07) is -15.3. The summed E-state index contributed by atoms with van der Waals surface area (Å²) in [6.07, 6.45) is -1.30. The molecule has 8 rings (SSSR count). The number of nitrogens with zero attached hydrogens (tertiary/aromatic N) is 2. The van der Waals surface area contributed by atoms with Crippen molar-refractivity contribution in [1.29, 1.82) is 0 Å². The van der Waals surface area contributed by atoms with Crippen LogP contribution in [0.5, 0.6) is 0 Å². The molecule has 0 fully saturated rings. The van der Waals surface area contributed by atoms with Crippen LogP contribution in [0.4, 0.5) is 0 Å². The molecule has 0 spiro atoms. The lowest BCUT2D eigenvalue weighted by molar-refractivity contribution is 1.37. The standard InChI is InChI=1S/C37H24N2/c1-2-10-29-24(7-1)8-5-13-30(29)27-16-17-28(23-27)31-19-20-34(33-12-4-3-11-32(31)33)35-21-18-26-15-14-25-9-6-22-38-36(25)37(26)39-35/h1-22H,23H2/i1D,2D,3D,4D,5D,6D,7D,8D,9D,10D,11D,12D,13D,14D,15D,16D,17D,18D,19D,20D,21D,22D. The summed E-state index contributed by atoms with van der Waals surface area (Å²) in [6.45, 7) is 0. The second-order valence-corrected chi connectivity index (χ2v) is 8.52. The molecular weight excluding hydrogens is 472 g/mol. The van der Waals surface area contributed by atoms with Crippen LogP contribution in [-0.2, 0) is 0 Å². The van der Waals surface area contributed by atoms with E-state index in [1.807, 2.05) is 0 Å². The highest BCUT2D eigenvalue weighted by Crippen LogP contribution is 2.41. The molecule has 0 bridgehead atoms. The van der Waals surface area contributed by atoms with Crippen molar-refractivity contribution in [1.82, 2.24) is 9.97 Å². The number of aromatic nitrogens is 2. The van der Waals surface area contributed by atoms with E-state index >= 15 is 0 Å². The fourth-order valence-corrected chi connectivity index (χ4v) is 4.53. The second kappa shape index (κ2) is 8.75. The highest BCUT2D eigenvalue weighted by atomic mass is 14.8. The maximum atomic E-state index is 9.36. The lowest BCUT2D eigenvalue weighted by atomic mass is 9.90. The Labute approximate surface area is 257 Å². The Bertz CT molecular complexity index is 3350. The van der Waals surface area contributed by atoms with E-state index in [1.54, 1.807) is 0 Å². The first kappa shape index (κ1) is 9.29. The van der Waals surface area contributed by atoms with Crippen LogP contribution < -0.4 is 0 Å². The quantitative estimate of drug-likeness (QED) is 0.218. The van der Waals surface area contributed by atoms with E-state index in [1.165, 1.54) is 0 Å². The van der Waals surface area contributed by atoms with E-state index in [0.717, 1.165) is 0 Å². The average molecular weight is 519 g/mol. The minimum atomic E-state index is -0.836. The number of fused-ring (bicyclic) bond motifs is 5. The molecule has 0 N–H and O–H groups in total. The normalized spacial score (nSPS) is 21.7. The molecule has 0 amide bonds. The van der Waals surface area contributed by atoms with Crippen LogP contribution in [0.3, 0.4) is 0 Å². The third-order valence-corrected chi connectivity index (χ3v) is 6.32. The van der Waals surface area contributed by atoms with Gasteiger partial charge in [0.15, 0.2) is 0 Å². The zero-order valence-corrected chi connectivity index (χ0v) is 19.6. The first-order valence-electron chi connectivity index (χ1n) is 22.6. The maximum Gasteiger partial charge on any atom is 0.0972 e. The Kier molecular flexibility index (Phi) is 2.08. The fourth-order valence-electron chi connectivity index (χ4n) is 4.53. The molecule has 1 aliphatic rings. The molecule has 2 nitrogen and oxygen atoms in total. The van der Waals surface area contributed by atoms with Gasteiger partial charge in [-0.25, -0.2) is 4.98 Å². The van der Waals surface area contributed by atoms with Gasteiger partial charge < -0.3 is 0 Å². The van der Waals surface area contributed by atoms with Crippen LogP contribution >= 0.6 is 0 Å². The first-order chi connectivity index (χ1) is 28.5. The van der Waals surface area contributed by atoms with E-state index in [4.69, 9.17) is 27.4 Å². The van der Waals surface area contributed by atoms with E-state index < -0.39 is 183 Å². The fraction of sp³-hybridized carbons (Fsp3) is 0.0270. The Hall–Kier alpha value is -5.08. The predicted octanol–water partition coefficient (Wildman–Crippen LogP) is 9.63. The molecule has 2 heterocycles. The zero-order chi connectivity index (χ0) is 44.9. The van der Waals surface area contributed by atoms with Gasteiger partial charge in [-0.2, -0.15) is 0 Å². The number of pyridine rings is 2. The molecular formula is C37H24N2. The van der Waals surface area contributed by atoms with E-state index in [2.05, 4.69) is 9.97 Å². The van der Waals surface area contributed by atoms with Crippen LogP contribution in [0.1, 0.15) is 47.7 Å². The van der Waals surface area contributed by atoms with Crippen LogP contribution in [0.25, 0.3) is 65.8 Å². The third kappa shape index (κ3) is 3.57. The number of rotatable bonds is 3. The molecule has 2 aromatic heterocycles. The Balaban J connectivity index is 1.47. The minimum absolute atomic E-state index is 0.237. The summed E-state index contributed by atoms with van der Waals surface area (Å²) in [7, 11) is 0. The summed E-state index contributed by atoms with van der Waals surface area (Å²) in [4.78, 5) is 8.47. The lowest BCUT2D eigenvalue weighted by Crippen LogP contribution is -1.92. The smallest absolute Gasteiger partial charge is 0.0972 e. The van der Waals surface area contributed by atoms with Gasteiger partial charge in [0.2, 0.25) is 0 Å². The summed E-state index contributed by atoms with van der Waals surface area (Å²) in [5, 5.41) is -2.56. The minimum Gasteiger partial charge on any atom is -0.254 e. The van der Waals surface area contributed by atoms with Crippen molar-refractivity contribution in [2.45, 2.75) is 6.42 Å². The van der Waals surface area contributed by atoms with Gasteiger partial charge in [0, 0.05) is 22.5 Å². The summed E-state index contributed by atoms with van der Waals surface area (Å²) in [5.41, 5.74) is -3.28. The molecule has 0 unspecified atom stereocenters. The number of benzene rings is 5. The van der Waals surface area contributed by atoms with Crippen LogP contribution in [-0.4, -0.2) is 9.97 Å².